The Hall–Kier alpha value is -0.690. The number of hydrogen-bond donors (Lipinski definition) is 1. The van der Waals surface area contributed by atoms with E-state index in [1.54, 1.807) is 0 Å². The van der Waals surface area contributed by atoms with Crippen molar-refractivity contribution in [2.75, 3.05) is 0 Å². The van der Waals surface area contributed by atoms with Crippen LogP contribution in [0.4, 0.5) is 13.2 Å². The van der Waals surface area contributed by atoms with Gasteiger partial charge in [-0.1, -0.05) is 19.8 Å². The van der Waals surface area contributed by atoms with Crippen molar-refractivity contribution in [3.63, 3.8) is 0 Å². The minimum atomic E-state index is -4.54. The lowest BCUT2D eigenvalue weighted by molar-refractivity contribution is -0.201. The lowest BCUT2D eigenvalue weighted by Gasteiger charge is -2.10. The Morgan fingerprint density at radius 1 is 1.21 bits per heavy atom. The molecule has 0 aromatic heterocycles. The molecule has 0 bridgehead atoms. The van der Waals surface area contributed by atoms with Crippen LogP contribution in [0.3, 0.4) is 0 Å². The van der Waals surface area contributed by atoms with Gasteiger partial charge in [-0.05, 0) is 6.42 Å². The molecule has 0 radical (unpaired) electrons. The fourth-order valence-corrected chi connectivity index (χ4v) is 0.836. The molecular formula is C10H15F3O. The van der Waals surface area contributed by atoms with Gasteiger partial charge < -0.3 is 5.11 Å². The Kier molecular flexibility index (Phi) is 6.39. The molecule has 0 saturated carbocycles. The number of hydrogen-bond acceptors (Lipinski definition) is 1. The van der Waals surface area contributed by atoms with Crippen molar-refractivity contribution in [1.82, 2.24) is 0 Å². The third-order valence-corrected chi connectivity index (χ3v) is 1.70. The van der Waals surface area contributed by atoms with Gasteiger partial charge in [0, 0.05) is 12.8 Å². The molecule has 1 atom stereocenters. The zero-order chi connectivity index (χ0) is 11.0. The molecule has 0 aliphatic carbocycles. The number of aliphatic hydroxyl groups is 1. The zero-order valence-electron chi connectivity index (χ0n) is 8.19. The van der Waals surface area contributed by atoms with Gasteiger partial charge in [0.15, 0.2) is 6.10 Å². The quantitative estimate of drug-likeness (QED) is 0.556. The summed E-state index contributed by atoms with van der Waals surface area (Å²) in [5, 5.41) is 8.56. The van der Waals surface area contributed by atoms with E-state index in [2.05, 4.69) is 11.8 Å². The molecule has 0 spiro atoms. The minimum absolute atomic E-state index is 0.518. The van der Waals surface area contributed by atoms with E-state index < -0.39 is 18.7 Å². The van der Waals surface area contributed by atoms with Crippen LogP contribution >= 0.6 is 0 Å². The number of rotatable bonds is 4. The maximum atomic E-state index is 11.8. The van der Waals surface area contributed by atoms with Gasteiger partial charge in [-0.25, -0.2) is 0 Å². The standard InChI is InChI=1S/C10H15F3O/c1-2-3-4-5-6-7-8-9(14)10(11,12)13/h9,14H,2-5,8H2,1H3. The summed E-state index contributed by atoms with van der Waals surface area (Å²) >= 11 is 0. The lowest BCUT2D eigenvalue weighted by atomic mass is 10.2. The average molecular weight is 208 g/mol. The summed E-state index contributed by atoms with van der Waals surface area (Å²) in [5.74, 6) is 4.94. The Morgan fingerprint density at radius 2 is 1.86 bits per heavy atom. The second-order valence-corrected chi connectivity index (χ2v) is 3.07. The molecular weight excluding hydrogens is 193 g/mol. The van der Waals surface area contributed by atoms with Gasteiger partial charge in [0.25, 0.3) is 0 Å². The van der Waals surface area contributed by atoms with Crippen molar-refractivity contribution in [1.29, 1.82) is 0 Å². The zero-order valence-corrected chi connectivity index (χ0v) is 8.19. The van der Waals surface area contributed by atoms with Crippen molar-refractivity contribution >= 4 is 0 Å². The van der Waals surface area contributed by atoms with Crippen LogP contribution in [0.25, 0.3) is 0 Å². The van der Waals surface area contributed by atoms with Crippen molar-refractivity contribution in [3.8, 4) is 11.8 Å². The summed E-state index contributed by atoms with van der Waals surface area (Å²) < 4.78 is 35.3. The Bertz CT molecular complexity index is 200. The number of unbranched alkanes of at least 4 members (excludes halogenated alkanes) is 3. The van der Waals surface area contributed by atoms with Crippen LogP contribution in [-0.4, -0.2) is 17.4 Å². The van der Waals surface area contributed by atoms with Crippen LogP contribution in [0, 0.1) is 11.8 Å². The third kappa shape index (κ3) is 6.79. The van der Waals surface area contributed by atoms with Crippen LogP contribution in [0.15, 0.2) is 0 Å². The summed E-state index contributed by atoms with van der Waals surface area (Å²) in [6, 6.07) is 0. The van der Waals surface area contributed by atoms with E-state index >= 15 is 0 Å². The average Bonchev–Trinajstić information content (AvgIpc) is 2.09. The second-order valence-electron chi connectivity index (χ2n) is 3.07. The highest BCUT2D eigenvalue weighted by molar-refractivity contribution is 5.00. The van der Waals surface area contributed by atoms with Crippen molar-refractivity contribution in [2.24, 2.45) is 0 Å². The lowest BCUT2D eigenvalue weighted by Crippen LogP contribution is -2.27. The Balaban J connectivity index is 3.60. The van der Waals surface area contributed by atoms with Crippen molar-refractivity contribution in [2.45, 2.75) is 51.3 Å². The smallest absolute Gasteiger partial charge is 0.383 e. The summed E-state index contributed by atoms with van der Waals surface area (Å²) in [4.78, 5) is 0. The fourth-order valence-electron chi connectivity index (χ4n) is 0.836. The summed E-state index contributed by atoms with van der Waals surface area (Å²) in [5.41, 5.74) is 0. The molecule has 0 aliphatic rings. The van der Waals surface area contributed by atoms with E-state index in [1.165, 1.54) is 0 Å². The van der Waals surface area contributed by atoms with E-state index in [-0.39, 0.29) is 0 Å². The number of halogens is 3. The summed E-state index contributed by atoms with van der Waals surface area (Å²) in [6.45, 7) is 2.04. The molecule has 0 saturated heterocycles. The molecule has 0 heterocycles. The molecule has 0 amide bonds. The van der Waals surface area contributed by atoms with E-state index in [0.29, 0.717) is 6.42 Å². The van der Waals surface area contributed by atoms with Gasteiger partial charge in [-0.3, -0.25) is 0 Å². The van der Waals surface area contributed by atoms with Gasteiger partial charge in [0.05, 0.1) is 0 Å². The predicted octanol–water partition coefficient (Wildman–Crippen LogP) is 2.88. The van der Waals surface area contributed by atoms with Crippen LogP contribution in [-0.2, 0) is 0 Å². The van der Waals surface area contributed by atoms with Crippen molar-refractivity contribution < 1.29 is 18.3 Å². The number of aliphatic hydroxyl groups excluding tert-OH is 1. The van der Waals surface area contributed by atoms with E-state index in [9.17, 15) is 13.2 Å². The SMILES string of the molecule is CCCCCC#CCC(O)C(F)(F)F. The molecule has 0 rings (SSSR count). The van der Waals surface area contributed by atoms with Gasteiger partial charge >= 0.3 is 6.18 Å². The van der Waals surface area contributed by atoms with E-state index in [0.717, 1.165) is 19.3 Å². The molecule has 1 unspecified atom stereocenters. The first kappa shape index (κ1) is 13.3. The maximum Gasteiger partial charge on any atom is 0.415 e. The van der Waals surface area contributed by atoms with Gasteiger partial charge in [-0.15, -0.1) is 11.8 Å². The van der Waals surface area contributed by atoms with E-state index in [4.69, 9.17) is 5.11 Å². The largest absolute Gasteiger partial charge is 0.415 e. The van der Waals surface area contributed by atoms with Crippen LogP contribution in [0.5, 0.6) is 0 Å². The third-order valence-electron chi connectivity index (χ3n) is 1.70. The first-order valence-corrected chi connectivity index (χ1v) is 4.69. The van der Waals surface area contributed by atoms with Crippen LogP contribution in [0.2, 0.25) is 0 Å². The topological polar surface area (TPSA) is 20.2 Å². The molecule has 0 fully saturated rings. The summed E-state index contributed by atoms with van der Waals surface area (Å²) in [6.07, 6.45) is -3.75. The van der Waals surface area contributed by atoms with Gasteiger partial charge in [-0.2, -0.15) is 13.2 Å². The summed E-state index contributed by atoms with van der Waals surface area (Å²) in [7, 11) is 0. The molecule has 4 heteroatoms. The molecule has 0 aliphatic heterocycles. The van der Waals surface area contributed by atoms with E-state index in [1.807, 2.05) is 6.92 Å². The highest BCUT2D eigenvalue weighted by Crippen LogP contribution is 2.21. The fraction of sp³-hybridized carbons (Fsp3) is 0.800. The van der Waals surface area contributed by atoms with Crippen LogP contribution in [0.1, 0.15) is 39.0 Å². The molecule has 14 heavy (non-hydrogen) atoms. The highest BCUT2D eigenvalue weighted by Gasteiger charge is 2.37. The normalized spacial score (nSPS) is 13.2. The minimum Gasteiger partial charge on any atom is -0.383 e. The molecule has 1 nitrogen and oxygen atoms in total. The van der Waals surface area contributed by atoms with Crippen LogP contribution < -0.4 is 0 Å². The second kappa shape index (κ2) is 6.72. The Labute approximate surface area is 82.3 Å². The first-order chi connectivity index (χ1) is 6.48. The number of alkyl halides is 3. The van der Waals surface area contributed by atoms with Gasteiger partial charge in [0.1, 0.15) is 0 Å². The Morgan fingerprint density at radius 3 is 2.36 bits per heavy atom. The maximum absolute atomic E-state index is 11.8. The van der Waals surface area contributed by atoms with Gasteiger partial charge in [0.2, 0.25) is 0 Å². The molecule has 82 valence electrons. The molecule has 0 aromatic rings. The predicted molar refractivity (Wildman–Crippen MR) is 48.6 cm³/mol. The molecule has 1 N–H and O–H groups in total. The van der Waals surface area contributed by atoms with Crippen molar-refractivity contribution in [3.05, 3.63) is 0 Å². The highest BCUT2D eigenvalue weighted by atomic mass is 19.4. The first-order valence-electron chi connectivity index (χ1n) is 4.69. The monoisotopic (exact) mass is 208 g/mol. The molecule has 0 aromatic carbocycles.